The fourth-order valence-corrected chi connectivity index (χ4v) is 2.15. The second-order valence-electron chi connectivity index (χ2n) is 4.36. The standard InChI is InChI=1S/C14H13Cl2N3O/c1-8(9-3-2-4-10(15)5-9)19-14(20)12-6-11(17)7-18-13(12)16/h2-8H,17H2,1H3,(H,19,20). The van der Waals surface area contributed by atoms with E-state index in [0.717, 1.165) is 5.56 Å². The lowest BCUT2D eigenvalue weighted by molar-refractivity contribution is 0.0939. The first-order chi connectivity index (χ1) is 9.47. The van der Waals surface area contributed by atoms with Gasteiger partial charge in [0.1, 0.15) is 5.15 Å². The Morgan fingerprint density at radius 1 is 1.35 bits per heavy atom. The monoisotopic (exact) mass is 309 g/mol. The minimum atomic E-state index is -0.331. The minimum absolute atomic E-state index is 0.120. The average molecular weight is 310 g/mol. The Kier molecular flexibility index (Phi) is 4.47. The lowest BCUT2D eigenvalue weighted by Crippen LogP contribution is -2.27. The van der Waals surface area contributed by atoms with Crippen LogP contribution in [0.5, 0.6) is 0 Å². The fourth-order valence-electron chi connectivity index (χ4n) is 1.76. The summed E-state index contributed by atoms with van der Waals surface area (Å²) in [6, 6.07) is 8.57. The van der Waals surface area contributed by atoms with Crippen LogP contribution in [-0.2, 0) is 0 Å². The van der Waals surface area contributed by atoms with Gasteiger partial charge in [0.2, 0.25) is 0 Å². The van der Waals surface area contributed by atoms with E-state index in [4.69, 9.17) is 28.9 Å². The van der Waals surface area contributed by atoms with Crippen LogP contribution >= 0.6 is 23.2 Å². The molecule has 0 fully saturated rings. The number of rotatable bonds is 3. The third-order valence-corrected chi connectivity index (χ3v) is 3.34. The third kappa shape index (κ3) is 3.40. The largest absolute Gasteiger partial charge is 0.397 e. The van der Waals surface area contributed by atoms with E-state index in [1.807, 2.05) is 19.1 Å². The maximum atomic E-state index is 12.2. The van der Waals surface area contributed by atoms with Gasteiger partial charge in [0.15, 0.2) is 0 Å². The normalized spacial score (nSPS) is 11.9. The van der Waals surface area contributed by atoms with Gasteiger partial charge in [-0.05, 0) is 30.7 Å². The average Bonchev–Trinajstić information content (AvgIpc) is 2.41. The predicted octanol–water partition coefficient (Wildman–Crippen LogP) is 3.46. The molecule has 0 aliphatic carbocycles. The maximum Gasteiger partial charge on any atom is 0.254 e. The Labute approximate surface area is 126 Å². The van der Waals surface area contributed by atoms with Crippen molar-refractivity contribution in [1.29, 1.82) is 0 Å². The zero-order valence-corrected chi connectivity index (χ0v) is 12.2. The smallest absolute Gasteiger partial charge is 0.254 e. The predicted molar refractivity (Wildman–Crippen MR) is 81.0 cm³/mol. The highest BCUT2D eigenvalue weighted by Crippen LogP contribution is 2.20. The Morgan fingerprint density at radius 2 is 2.10 bits per heavy atom. The summed E-state index contributed by atoms with van der Waals surface area (Å²) >= 11 is 11.8. The summed E-state index contributed by atoms with van der Waals surface area (Å²) in [4.78, 5) is 16.0. The second kappa shape index (κ2) is 6.11. The van der Waals surface area contributed by atoms with E-state index in [0.29, 0.717) is 10.7 Å². The first-order valence-corrected chi connectivity index (χ1v) is 6.70. The lowest BCUT2D eigenvalue weighted by atomic mass is 10.1. The number of anilines is 1. The molecular formula is C14H13Cl2N3O. The molecule has 1 aromatic heterocycles. The number of hydrogen-bond donors (Lipinski definition) is 2. The first kappa shape index (κ1) is 14.6. The molecule has 0 aliphatic heterocycles. The molecule has 2 rings (SSSR count). The Balaban J connectivity index is 2.17. The van der Waals surface area contributed by atoms with Crippen molar-refractivity contribution < 1.29 is 4.79 Å². The van der Waals surface area contributed by atoms with Crippen LogP contribution < -0.4 is 11.1 Å². The van der Waals surface area contributed by atoms with Gasteiger partial charge < -0.3 is 11.1 Å². The number of nitrogens with one attached hydrogen (secondary N) is 1. The number of amides is 1. The van der Waals surface area contributed by atoms with Crippen molar-refractivity contribution >= 4 is 34.8 Å². The number of pyridine rings is 1. The van der Waals surface area contributed by atoms with Gasteiger partial charge in [-0.2, -0.15) is 0 Å². The second-order valence-corrected chi connectivity index (χ2v) is 5.15. The molecule has 4 nitrogen and oxygen atoms in total. The van der Waals surface area contributed by atoms with E-state index in [-0.39, 0.29) is 22.7 Å². The number of carbonyl (C=O) groups excluding carboxylic acids is 1. The van der Waals surface area contributed by atoms with Crippen LogP contribution in [0.15, 0.2) is 36.5 Å². The molecule has 1 atom stereocenters. The number of aromatic nitrogens is 1. The molecule has 104 valence electrons. The molecule has 2 aromatic rings. The molecular weight excluding hydrogens is 297 g/mol. The molecule has 0 spiro atoms. The van der Waals surface area contributed by atoms with E-state index < -0.39 is 0 Å². The van der Waals surface area contributed by atoms with Crippen molar-refractivity contribution in [2.24, 2.45) is 0 Å². The van der Waals surface area contributed by atoms with Crippen LogP contribution in [0.3, 0.4) is 0 Å². The molecule has 0 radical (unpaired) electrons. The van der Waals surface area contributed by atoms with Crippen LogP contribution in [0.4, 0.5) is 5.69 Å². The highest BCUT2D eigenvalue weighted by atomic mass is 35.5. The summed E-state index contributed by atoms with van der Waals surface area (Å²) < 4.78 is 0. The molecule has 0 saturated carbocycles. The summed E-state index contributed by atoms with van der Waals surface area (Å²) in [5, 5.41) is 3.57. The van der Waals surface area contributed by atoms with Gasteiger partial charge in [0, 0.05) is 5.02 Å². The molecule has 1 unspecified atom stereocenters. The van der Waals surface area contributed by atoms with Gasteiger partial charge in [0.25, 0.3) is 5.91 Å². The van der Waals surface area contributed by atoms with Crippen LogP contribution in [0, 0.1) is 0 Å². The molecule has 3 N–H and O–H groups in total. The lowest BCUT2D eigenvalue weighted by Gasteiger charge is -2.15. The summed E-state index contributed by atoms with van der Waals surface area (Å²) in [7, 11) is 0. The minimum Gasteiger partial charge on any atom is -0.397 e. The molecule has 1 aromatic carbocycles. The summed E-state index contributed by atoms with van der Waals surface area (Å²) in [5.74, 6) is -0.331. The highest BCUT2D eigenvalue weighted by molar-refractivity contribution is 6.32. The van der Waals surface area contributed by atoms with Crippen LogP contribution in [0.25, 0.3) is 0 Å². The SMILES string of the molecule is CC(NC(=O)c1cc(N)cnc1Cl)c1cccc(Cl)c1. The third-order valence-electron chi connectivity index (χ3n) is 2.80. The molecule has 0 saturated heterocycles. The van der Waals surface area contributed by atoms with Gasteiger partial charge in [0.05, 0.1) is 23.5 Å². The van der Waals surface area contributed by atoms with Gasteiger partial charge >= 0.3 is 0 Å². The summed E-state index contributed by atoms with van der Waals surface area (Å²) in [5.41, 5.74) is 7.14. The van der Waals surface area contributed by atoms with Crippen molar-refractivity contribution in [3.63, 3.8) is 0 Å². The number of nitrogens with zero attached hydrogens (tertiary/aromatic N) is 1. The van der Waals surface area contributed by atoms with E-state index >= 15 is 0 Å². The zero-order chi connectivity index (χ0) is 14.7. The number of carbonyl (C=O) groups is 1. The Hall–Kier alpha value is -1.78. The first-order valence-electron chi connectivity index (χ1n) is 5.94. The Bertz CT molecular complexity index is 646. The summed E-state index contributed by atoms with van der Waals surface area (Å²) in [6.07, 6.45) is 1.40. The van der Waals surface area contributed by atoms with Crippen LogP contribution in [0.2, 0.25) is 10.2 Å². The topological polar surface area (TPSA) is 68.0 Å². The number of nitrogens with two attached hydrogens (primary N) is 1. The van der Waals surface area contributed by atoms with Crippen molar-refractivity contribution in [2.75, 3.05) is 5.73 Å². The van der Waals surface area contributed by atoms with Crippen molar-refractivity contribution in [3.8, 4) is 0 Å². The van der Waals surface area contributed by atoms with Gasteiger partial charge in [-0.1, -0.05) is 35.3 Å². The molecule has 1 amide bonds. The quantitative estimate of drug-likeness (QED) is 0.853. The maximum absolute atomic E-state index is 12.2. The van der Waals surface area contributed by atoms with E-state index in [1.54, 1.807) is 12.1 Å². The van der Waals surface area contributed by atoms with Crippen LogP contribution in [0.1, 0.15) is 28.9 Å². The van der Waals surface area contributed by atoms with E-state index in [1.165, 1.54) is 12.3 Å². The Morgan fingerprint density at radius 3 is 2.80 bits per heavy atom. The zero-order valence-electron chi connectivity index (χ0n) is 10.7. The van der Waals surface area contributed by atoms with Gasteiger partial charge in [-0.25, -0.2) is 4.98 Å². The number of hydrogen-bond acceptors (Lipinski definition) is 3. The van der Waals surface area contributed by atoms with Crippen LogP contribution in [-0.4, -0.2) is 10.9 Å². The summed E-state index contributed by atoms with van der Waals surface area (Å²) in [6.45, 7) is 1.86. The van der Waals surface area contributed by atoms with E-state index in [9.17, 15) is 4.79 Å². The van der Waals surface area contributed by atoms with Crippen molar-refractivity contribution in [1.82, 2.24) is 10.3 Å². The number of benzene rings is 1. The van der Waals surface area contributed by atoms with Crippen molar-refractivity contribution in [3.05, 3.63) is 57.8 Å². The fraction of sp³-hybridized carbons (Fsp3) is 0.143. The van der Waals surface area contributed by atoms with Gasteiger partial charge in [-0.15, -0.1) is 0 Å². The van der Waals surface area contributed by atoms with Gasteiger partial charge in [-0.3, -0.25) is 4.79 Å². The number of halogens is 2. The van der Waals surface area contributed by atoms with E-state index in [2.05, 4.69) is 10.3 Å². The molecule has 6 heteroatoms. The van der Waals surface area contributed by atoms with Crippen molar-refractivity contribution in [2.45, 2.75) is 13.0 Å². The molecule has 0 aliphatic rings. The molecule has 0 bridgehead atoms. The molecule has 1 heterocycles. The highest BCUT2D eigenvalue weighted by Gasteiger charge is 2.15. The number of nitrogen functional groups attached to an aromatic ring is 1. The molecule has 20 heavy (non-hydrogen) atoms.